The van der Waals surface area contributed by atoms with Crippen molar-refractivity contribution >= 4 is 23.2 Å². The molecule has 0 saturated carbocycles. The van der Waals surface area contributed by atoms with Gasteiger partial charge in [0.15, 0.2) is 0 Å². The third-order valence-corrected chi connectivity index (χ3v) is 3.89. The first-order valence-corrected chi connectivity index (χ1v) is 6.94. The minimum absolute atomic E-state index is 0.193. The van der Waals surface area contributed by atoms with Crippen LogP contribution in [0.5, 0.6) is 0 Å². The molecule has 1 unspecified atom stereocenters. The quantitative estimate of drug-likeness (QED) is 0.876. The lowest BCUT2D eigenvalue weighted by Gasteiger charge is -2.21. The molecule has 0 amide bonds. The molecule has 0 saturated heterocycles. The highest BCUT2D eigenvalue weighted by Crippen LogP contribution is 2.26. The van der Waals surface area contributed by atoms with E-state index in [2.05, 4.69) is 24.1 Å². The Morgan fingerprint density at radius 3 is 2.16 bits per heavy atom. The third kappa shape index (κ3) is 3.69. The van der Waals surface area contributed by atoms with E-state index in [1.807, 2.05) is 30.3 Å². The van der Waals surface area contributed by atoms with E-state index in [0.29, 0.717) is 10.0 Å². The van der Waals surface area contributed by atoms with Crippen LogP contribution in [0.3, 0.4) is 0 Å². The summed E-state index contributed by atoms with van der Waals surface area (Å²) in [6, 6.07) is 10.2. The zero-order chi connectivity index (χ0) is 13.8. The summed E-state index contributed by atoms with van der Waals surface area (Å²) in [6.07, 6.45) is 3.61. The van der Waals surface area contributed by atoms with Crippen LogP contribution in [0.2, 0.25) is 10.0 Å². The largest absolute Gasteiger partial charge is 0.304 e. The van der Waals surface area contributed by atoms with Crippen LogP contribution in [0, 0.1) is 0 Å². The number of aromatic nitrogens is 1. The highest BCUT2D eigenvalue weighted by molar-refractivity contribution is 6.42. The van der Waals surface area contributed by atoms with Crippen LogP contribution in [0.25, 0.3) is 0 Å². The van der Waals surface area contributed by atoms with Crippen molar-refractivity contribution in [2.75, 3.05) is 0 Å². The molecule has 1 aromatic heterocycles. The molecule has 0 aliphatic rings. The van der Waals surface area contributed by atoms with Gasteiger partial charge in [0.05, 0.1) is 10.0 Å². The van der Waals surface area contributed by atoms with Crippen LogP contribution in [-0.2, 0) is 0 Å². The molecule has 0 fully saturated rings. The number of halogens is 2. The molecule has 0 bridgehead atoms. The van der Waals surface area contributed by atoms with E-state index in [1.54, 1.807) is 12.4 Å². The van der Waals surface area contributed by atoms with E-state index in [0.717, 1.165) is 5.56 Å². The third-order valence-electron chi connectivity index (χ3n) is 3.15. The lowest BCUT2D eigenvalue weighted by molar-refractivity contribution is 0.494. The fraction of sp³-hybridized carbons (Fsp3) is 0.267. The average Bonchev–Trinajstić information content (AvgIpc) is 2.42. The zero-order valence-electron chi connectivity index (χ0n) is 10.9. The summed E-state index contributed by atoms with van der Waals surface area (Å²) in [7, 11) is 0. The summed E-state index contributed by atoms with van der Waals surface area (Å²) in [5.74, 6) is 0. The first kappa shape index (κ1) is 14.3. The van der Waals surface area contributed by atoms with Gasteiger partial charge in [-0.15, -0.1) is 0 Å². The lowest BCUT2D eigenvalue weighted by Crippen LogP contribution is -2.22. The van der Waals surface area contributed by atoms with Crippen molar-refractivity contribution in [2.24, 2.45) is 0 Å². The van der Waals surface area contributed by atoms with Crippen molar-refractivity contribution < 1.29 is 0 Å². The molecule has 1 aromatic carbocycles. The van der Waals surface area contributed by atoms with E-state index in [1.165, 1.54) is 5.56 Å². The van der Waals surface area contributed by atoms with Gasteiger partial charge in [-0.1, -0.05) is 29.3 Å². The summed E-state index contributed by atoms with van der Waals surface area (Å²) in [5, 5.41) is 4.70. The Balaban J connectivity index is 2.08. The number of rotatable bonds is 4. The Morgan fingerprint density at radius 2 is 1.53 bits per heavy atom. The van der Waals surface area contributed by atoms with Gasteiger partial charge in [0, 0.05) is 24.5 Å². The summed E-state index contributed by atoms with van der Waals surface area (Å²) < 4.78 is 0. The average molecular weight is 295 g/mol. The fourth-order valence-corrected chi connectivity index (χ4v) is 2.31. The van der Waals surface area contributed by atoms with Crippen LogP contribution in [0.15, 0.2) is 42.7 Å². The van der Waals surface area contributed by atoms with Gasteiger partial charge in [-0.3, -0.25) is 4.98 Å². The van der Waals surface area contributed by atoms with Gasteiger partial charge < -0.3 is 5.32 Å². The van der Waals surface area contributed by atoms with Crippen molar-refractivity contribution in [3.8, 4) is 0 Å². The predicted octanol–water partition coefficient (Wildman–Crippen LogP) is 4.80. The Bertz CT molecular complexity index is 543. The maximum atomic E-state index is 6.04. The monoisotopic (exact) mass is 294 g/mol. The number of pyridine rings is 1. The molecule has 2 nitrogen and oxygen atoms in total. The summed E-state index contributed by atoms with van der Waals surface area (Å²) in [4.78, 5) is 4.03. The molecular formula is C15H16Cl2N2. The highest BCUT2D eigenvalue weighted by Gasteiger charge is 2.12. The smallest absolute Gasteiger partial charge is 0.0595 e. The number of hydrogen-bond donors (Lipinski definition) is 1. The maximum Gasteiger partial charge on any atom is 0.0595 e. The van der Waals surface area contributed by atoms with Crippen molar-refractivity contribution in [3.05, 3.63) is 63.9 Å². The topological polar surface area (TPSA) is 24.9 Å². The SMILES string of the molecule is CC(N[C@H](C)c1ccncc1)c1ccc(Cl)c(Cl)c1. The fourth-order valence-electron chi connectivity index (χ4n) is 2.00. The molecule has 1 heterocycles. The summed E-state index contributed by atoms with van der Waals surface area (Å²) in [5.41, 5.74) is 2.33. The molecule has 2 atom stereocenters. The van der Waals surface area contributed by atoms with Crippen molar-refractivity contribution in [1.29, 1.82) is 0 Å². The number of nitrogens with one attached hydrogen (secondary N) is 1. The standard InChI is InChI=1S/C15H16Cl2N2/c1-10(12-5-7-18-8-6-12)19-11(2)13-3-4-14(16)15(17)9-13/h3-11,19H,1-2H3/t10-,11?/m1/s1. The molecule has 0 aliphatic heterocycles. The first-order valence-electron chi connectivity index (χ1n) is 6.19. The Labute approximate surface area is 123 Å². The van der Waals surface area contributed by atoms with Crippen LogP contribution in [0.4, 0.5) is 0 Å². The normalized spacial score (nSPS) is 14.1. The highest BCUT2D eigenvalue weighted by atomic mass is 35.5. The second kappa shape index (κ2) is 6.38. The second-order valence-corrected chi connectivity index (χ2v) is 5.38. The minimum atomic E-state index is 0.193. The van der Waals surface area contributed by atoms with Crippen LogP contribution >= 0.6 is 23.2 Å². The van der Waals surface area contributed by atoms with Gasteiger partial charge in [-0.05, 0) is 49.2 Å². The minimum Gasteiger partial charge on any atom is -0.304 e. The molecular weight excluding hydrogens is 279 g/mol. The Kier molecular flexibility index (Phi) is 4.81. The molecule has 1 N–H and O–H groups in total. The molecule has 100 valence electrons. The summed E-state index contributed by atoms with van der Waals surface area (Å²) >= 11 is 12.0. The zero-order valence-corrected chi connectivity index (χ0v) is 12.4. The Morgan fingerprint density at radius 1 is 0.895 bits per heavy atom. The van der Waals surface area contributed by atoms with E-state index >= 15 is 0 Å². The van der Waals surface area contributed by atoms with E-state index in [9.17, 15) is 0 Å². The Hall–Kier alpha value is -1.09. The van der Waals surface area contributed by atoms with E-state index in [4.69, 9.17) is 23.2 Å². The van der Waals surface area contributed by atoms with E-state index in [-0.39, 0.29) is 12.1 Å². The van der Waals surface area contributed by atoms with Gasteiger partial charge in [0.2, 0.25) is 0 Å². The van der Waals surface area contributed by atoms with Gasteiger partial charge in [0.1, 0.15) is 0 Å². The van der Waals surface area contributed by atoms with E-state index < -0.39 is 0 Å². The molecule has 19 heavy (non-hydrogen) atoms. The number of nitrogens with zero attached hydrogens (tertiary/aromatic N) is 1. The molecule has 0 radical (unpaired) electrons. The predicted molar refractivity (Wildman–Crippen MR) is 80.7 cm³/mol. The maximum absolute atomic E-state index is 6.04. The van der Waals surface area contributed by atoms with Crippen LogP contribution < -0.4 is 5.32 Å². The summed E-state index contributed by atoms with van der Waals surface area (Å²) in [6.45, 7) is 4.24. The lowest BCUT2D eigenvalue weighted by atomic mass is 10.1. The van der Waals surface area contributed by atoms with Crippen molar-refractivity contribution in [1.82, 2.24) is 10.3 Å². The van der Waals surface area contributed by atoms with Crippen molar-refractivity contribution in [3.63, 3.8) is 0 Å². The van der Waals surface area contributed by atoms with Crippen LogP contribution in [-0.4, -0.2) is 4.98 Å². The molecule has 2 aromatic rings. The molecule has 0 spiro atoms. The molecule has 0 aliphatic carbocycles. The second-order valence-electron chi connectivity index (χ2n) is 4.56. The van der Waals surface area contributed by atoms with Gasteiger partial charge in [-0.2, -0.15) is 0 Å². The van der Waals surface area contributed by atoms with Crippen LogP contribution in [0.1, 0.15) is 37.1 Å². The molecule has 4 heteroatoms. The number of hydrogen-bond acceptors (Lipinski definition) is 2. The van der Waals surface area contributed by atoms with Gasteiger partial charge in [-0.25, -0.2) is 0 Å². The van der Waals surface area contributed by atoms with Gasteiger partial charge >= 0.3 is 0 Å². The molecule has 2 rings (SSSR count). The first-order chi connectivity index (χ1) is 9.08. The number of benzene rings is 1. The van der Waals surface area contributed by atoms with Gasteiger partial charge in [0.25, 0.3) is 0 Å². The van der Waals surface area contributed by atoms with Crippen molar-refractivity contribution in [2.45, 2.75) is 25.9 Å².